The van der Waals surface area contributed by atoms with Gasteiger partial charge in [0.2, 0.25) is 0 Å². The normalized spacial score (nSPS) is 15.7. The van der Waals surface area contributed by atoms with E-state index in [9.17, 15) is 4.79 Å². The number of aromatic nitrogens is 2. The monoisotopic (exact) mass is 336 g/mol. The van der Waals surface area contributed by atoms with Crippen molar-refractivity contribution in [2.45, 2.75) is 4.90 Å². The number of imidazole rings is 1. The largest absolute Gasteiger partial charge is 0.452 e. The van der Waals surface area contributed by atoms with Gasteiger partial charge >= 0.3 is 6.09 Å². The van der Waals surface area contributed by atoms with E-state index in [1.54, 1.807) is 11.0 Å². The zero-order chi connectivity index (χ0) is 16.1. The van der Waals surface area contributed by atoms with Crippen molar-refractivity contribution >= 4 is 28.9 Å². The Hall–Kier alpha value is -1.77. The average molecular weight is 336 g/mol. The predicted octanol–water partition coefficient (Wildman–Crippen LogP) is 1.77. The average Bonchev–Trinajstić information content (AvgIpc) is 2.98. The van der Waals surface area contributed by atoms with Gasteiger partial charge in [-0.15, -0.1) is 11.8 Å². The van der Waals surface area contributed by atoms with Gasteiger partial charge in [-0.3, -0.25) is 4.90 Å². The van der Waals surface area contributed by atoms with Gasteiger partial charge in [-0.25, -0.2) is 19.9 Å². The van der Waals surface area contributed by atoms with Crippen molar-refractivity contribution in [1.29, 1.82) is 0 Å². The molecule has 0 unspecified atom stereocenters. The Balaban J connectivity index is 1.58. The molecule has 1 N–H and O–H groups in total. The van der Waals surface area contributed by atoms with E-state index in [2.05, 4.69) is 20.0 Å². The van der Waals surface area contributed by atoms with Crippen molar-refractivity contribution in [3.05, 3.63) is 24.5 Å². The molecule has 7 nitrogen and oxygen atoms in total. The molecular weight excluding hydrogens is 316 g/mol. The zero-order valence-corrected chi connectivity index (χ0v) is 13.8. The number of carbonyl (C=O) groups excluding carboxylic acids is 1. The Morgan fingerprint density at radius 1 is 1.43 bits per heavy atom. The summed E-state index contributed by atoms with van der Waals surface area (Å²) in [4.78, 5) is 19.2. The third-order valence-electron chi connectivity index (χ3n) is 3.70. The quantitative estimate of drug-likeness (QED) is 0.840. The third-order valence-corrected chi connectivity index (χ3v) is 4.67. The predicted molar refractivity (Wildman–Crippen MR) is 89.5 cm³/mol. The lowest BCUT2D eigenvalue weighted by Gasteiger charge is -2.26. The fourth-order valence-electron chi connectivity index (χ4n) is 2.43. The van der Waals surface area contributed by atoms with Crippen LogP contribution in [0.2, 0.25) is 0 Å². The van der Waals surface area contributed by atoms with Crippen molar-refractivity contribution in [2.75, 3.05) is 51.1 Å². The first-order valence-electron chi connectivity index (χ1n) is 7.51. The Morgan fingerprint density at radius 2 is 2.26 bits per heavy atom. The highest BCUT2D eigenvalue weighted by Crippen LogP contribution is 2.23. The van der Waals surface area contributed by atoms with Crippen molar-refractivity contribution in [3.8, 4) is 0 Å². The van der Waals surface area contributed by atoms with E-state index in [4.69, 9.17) is 4.74 Å². The van der Waals surface area contributed by atoms with Gasteiger partial charge in [0, 0.05) is 30.3 Å². The summed E-state index contributed by atoms with van der Waals surface area (Å²) in [5, 5.41) is 0. The van der Waals surface area contributed by atoms with Crippen LogP contribution in [0.1, 0.15) is 0 Å². The van der Waals surface area contributed by atoms with Crippen molar-refractivity contribution in [1.82, 2.24) is 14.6 Å². The second-order valence-electron chi connectivity index (χ2n) is 5.17. The lowest BCUT2D eigenvalue weighted by molar-refractivity contribution is 0.0410. The molecule has 124 valence electrons. The highest BCUT2D eigenvalue weighted by Gasteiger charge is 2.10. The number of carbonyl (C=O) groups is 1. The van der Waals surface area contributed by atoms with Crippen LogP contribution in [-0.4, -0.2) is 66.4 Å². The van der Waals surface area contributed by atoms with Crippen LogP contribution in [0, 0.1) is 0 Å². The van der Waals surface area contributed by atoms with Gasteiger partial charge in [-0.1, -0.05) is 0 Å². The van der Waals surface area contributed by atoms with Gasteiger partial charge in [0.15, 0.2) is 0 Å². The molecule has 1 amide bonds. The van der Waals surface area contributed by atoms with Crippen LogP contribution in [0.3, 0.4) is 0 Å². The smallest absolute Gasteiger partial charge is 0.426 e. The van der Waals surface area contributed by atoms with Crippen LogP contribution in [0.25, 0.3) is 11.0 Å². The van der Waals surface area contributed by atoms with E-state index < -0.39 is 6.09 Å². The molecule has 0 saturated carbocycles. The highest BCUT2D eigenvalue weighted by atomic mass is 32.2. The number of ether oxygens (including phenoxy) is 2. The number of thioether (sulfide) groups is 1. The SMILES string of the molecule is COC(=O)Nn1cnc2cc(SCCN3CCOCC3)ccc21. The third kappa shape index (κ3) is 4.15. The molecule has 2 aromatic rings. The molecule has 1 aromatic carbocycles. The van der Waals surface area contributed by atoms with Crippen LogP contribution >= 0.6 is 11.8 Å². The number of rotatable bonds is 5. The summed E-state index contributed by atoms with van der Waals surface area (Å²) >= 11 is 1.81. The molecule has 8 heteroatoms. The number of nitrogens with one attached hydrogen (secondary N) is 1. The van der Waals surface area contributed by atoms with Crippen LogP contribution in [0.5, 0.6) is 0 Å². The summed E-state index contributed by atoms with van der Waals surface area (Å²) in [5.41, 5.74) is 4.27. The van der Waals surface area contributed by atoms with E-state index in [1.807, 2.05) is 30.0 Å². The molecule has 2 heterocycles. The van der Waals surface area contributed by atoms with E-state index in [-0.39, 0.29) is 0 Å². The maximum Gasteiger partial charge on any atom is 0.426 e. The molecular formula is C15H20N4O3S. The number of nitrogens with zero attached hydrogens (tertiary/aromatic N) is 3. The Morgan fingerprint density at radius 3 is 3.04 bits per heavy atom. The van der Waals surface area contributed by atoms with E-state index >= 15 is 0 Å². The molecule has 1 aliphatic heterocycles. The first kappa shape index (κ1) is 16.1. The molecule has 1 aromatic heterocycles. The Bertz CT molecular complexity index is 670. The van der Waals surface area contributed by atoms with Gasteiger partial charge in [0.1, 0.15) is 6.33 Å². The van der Waals surface area contributed by atoms with Gasteiger partial charge in [-0.05, 0) is 18.2 Å². The molecule has 0 aliphatic carbocycles. The fourth-order valence-corrected chi connectivity index (χ4v) is 3.38. The van der Waals surface area contributed by atoms with E-state index in [0.29, 0.717) is 0 Å². The Kier molecular flexibility index (Phi) is 5.37. The first-order chi connectivity index (χ1) is 11.3. The van der Waals surface area contributed by atoms with Crippen LogP contribution < -0.4 is 5.43 Å². The first-order valence-corrected chi connectivity index (χ1v) is 8.50. The number of methoxy groups -OCH3 is 1. The second kappa shape index (κ2) is 7.67. The molecule has 0 spiro atoms. The molecule has 0 radical (unpaired) electrons. The molecule has 23 heavy (non-hydrogen) atoms. The maximum absolute atomic E-state index is 11.3. The number of hydrogen-bond donors (Lipinski definition) is 1. The summed E-state index contributed by atoms with van der Waals surface area (Å²) in [7, 11) is 1.33. The molecule has 1 saturated heterocycles. The van der Waals surface area contributed by atoms with Crippen LogP contribution in [-0.2, 0) is 9.47 Å². The van der Waals surface area contributed by atoms with Crippen LogP contribution in [0.15, 0.2) is 29.4 Å². The number of fused-ring (bicyclic) bond motifs is 1. The maximum atomic E-state index is 11.3. The Labute approximate surface area is 138 Å². The lowest BCUT2D eigenvalue weighted by Crippen LogP contribution is -2.37. The minimum absolute atomic E-state index is 0.520. The number of amides is 1. The summed E-state index contributed by atoms with van der Waals surface area (Å²) < 4.78 is 11.5. The molecule has 0 atom stereocenters. The lowest BCUT2D eigenvalue weighted by atomic mass is 10.3. The molecule has 1 aliphatic rings. The topological polar surface area (TPSA) is 68.6 Å². The van der Waals surface area contributed by atoms with E-state index in [0.717, 1.165) is 49.6 Å². The fraction of sp³-hybridized carbons (Fsp3) is 0.467. The van der Waals surface area contributed by atoms with Crippen LogP contribution in [0.4, 0.5) is 4.79 Å². The van der Waals surface area contributed by atoms with E-state index in [1.165, 1.54) is 12.0 Å². The summed E-state index contributed by atoms with van der Waals surface area (Å²) in [6.07, 6.45) is 1.05. The molecule has 1 fully saturated rings. The summed E-state index contributed by atoms with van der Waals surface area (Å²) in [6.45, 7) is 4.76. The summed E-state index contributed by atoms with van der Waals surface area (Å²) in [6, 6.07) is 6.04. The number of morpholine rings is 1. The highest BCUT2D eigenvalue weighted by molar-refractivity contribution is 7.99. The van der Waals surface area contributed by atoms with Crippen molar-refractivity contribution < 1.29 is 14.3 Å². The summed E-state index contributed by atoms with van der Waals surface area (Å²) in [5.74, 6) is 1.03. The minimum Gasteiger partial charge on any atom is -0.452 e. The standard InChI is InChI=1S/C15H20N4O3S/c1-21-15(20)17-19-11-16-13-10-12(2-3-14(13)19)23-9-6-18-4-7-22-8-5-18/h2-3,10-11H,4-9H2,1H3,(H,17,20). The van der Waals surface area contributed by atoms with Gasteiger partial charge < -0.3 is 9.47 Å². The number of benzene rings is 1. The van der Waals surface area contributed by atoms with Crippen molar-refractivity contribution in [2.24, 2.45) is 0 Å². The number of hydrogen-bond acceptors (Lipinski definition) is 6. The zero-order valence-electron chi connectivity index (χ0n) is 13.0. The minimum atomic E-state index is -0.520. The van der Waals surface area contributed by atoms with Crippen molar-refractivity contribution in [3.63, 3.8) is 0 Å². The second-order valence-corrected chi connectivity index (χ2v) is 6.34. The molecule has 0 bridgehead atoms. The van der Waals surface area contributed by atoms with Gasteiger partial charge in [-0.2, -0.15) is 0 Å². The molecule has 3 rings (SSSR count). The van der Waals surface area contributed by atoms with Gasteiger partial charge in [0.25, 0.3) is 0 Å². The van der Waals surface area contributed by atoms with Gasteiger partial charge in [0.05, 0.1) is 31.4 Å².